The van der Waals surface area contributed by atoms with E-state index in [0.717, 1.165) is 11.5 Å². The van der Waals surface area contributed by atoms with Crippen molar-refractivity contribution < 1.29 is 19.1 Å². The maximum Gasteiger partial charge on any atom is 0.336 e. The molecule has 0 aromatic heterocycles. The number of esters is 1. The van der Waals surface area contributed by atoms with Gasteiger partial charge in [0, 0.05) is 11.8 Å². The van der Waals surface area contributed by atoms with Gasteiger partial charge >= 0.3 is 5.97 Å². The first-order valence-electron chi connectivity index (χ1n) is 8.33. The normalized spacial score (nSPS) is 15.0. The second-order valence-electron chi connectivity index (χ2n) is 7.82. The quantitative estimate of drug-likeness (QED) is 0.531. The van der Waals surface area contributed by atoms with Crippen molar-refractivity contribution in [1.29, 1.82) is 0 Å². The van der Waals surface area contributed by atoms with Crippen molar-refractivity contribution in [3.05, 3.63) is 0 Å². The van der Waals surface area contributed by atoms with Crippen molar-refractivity contribution in [2.75, 3.05) is 24.0 Å². The first kappa shape index (κ1) is 23.8. The first-order valence-corrected chi connectivity index (χ1v) is 11.1. The molecule has 0 N–H and O–H groups in total. The van der Waals surface area contributed by atoms with E-state index in [1.54, 1.807) is 23.5 Å². The number of carbonyl (C=O) groups is 2. The number of Topliss-reactive ketones (excluding diaryl/α,β-unsaturated/α-hetero) is 1. The maximum absolute atomic E-state index is 12.6. The third kappa shape index (κ3) is 9.94. The Balaban J connectivity index is 5.10. The third-order valence-electron chi connectivity index (χ3n) is 3.22. The Morgan fingerprint density at radius 3 is 1.71 bits per heavy atom. The Labute approximate surface area is 156 Å². The molecular formula is C18H34O4S2. The molecule has 0 fully saturated rings. The van der Waals surface area contributed by atoms with E-state index in [4.69, 9.17) is 9.47 Å². The summed E-state index contributed by atoms with van der Waals surface area (Å²) in [6.45, 7) is 11.3. The Hall–Kier alpha value is -0.200. The largest absolute Gasteiger partial charge is 0.452 e. The lowest BCUT2D eigenvalue weighted by atomic mass is 9.86. The van der Waals surface area contributed by atoms with Crippen molar-refractivity contribution in [2.24, 2.45) is 5.41 Å². The Morgan fingerprint density at radius 2 is 1.33 bits per heavy atom. The zero-order valence-electron chi connectivity index (χ0n) is 16.4. The van der Waals surface area contributed by atoms with Crippen LogP contribution in [0.3, 0.4) is 0 Å². The monoisotopic (exact) mass is 378 g/mol. The minimum Gasteiger partial charge on any atom is -0.452 e. The Kier molecular flexibility index (Phi) is 10.6. The van der Waals surface area contributed by atoms with E-state index in [-0.39, 0.29) is 5.78 Å². The van der Waals surface area contributed by atoms with Crippen molar-refractivity contribution in [2.45, 2.75) is 72.2 Å². The second-order valence-corrected chi connectivity index (χ2v) is 9.79. The van der Waals surface area contributed by atoms with Crippen LogP contribution in [0.25, 0.3) is 0 Å². The predicted octanol–water partition coefficient (Wildman–Crippen LogP) is 4.20. The van der Waals surface area contributed by atoms with Gasteiger partial charge in [0.2, 0.25) is 0 Å². The average Bonchev–Trinajstić information content (AvgIpc) is 2.44. The Bertz CT molecular complexity index is 397. The van der Waals surface area contributed by atoms with Crippen LogP contribution < -0.4 is 0 Å². The number of rotatable bonds is 10. The molecule has 24 heavy (non-hydrogen) atoms. The molecule has 0 aromatic carbocycles. The predicted molar refractivity (Wildman–Crippen MR) is 105 cm³/mol. The molecule has 2 atom stereocenters. The molecule has 142 valence electrons. The summed E-state index contributed by atoms with van der Waals surface area (Å²) in [7, 11) is 0. The molecule has 0 saturated carbocycles. The summed E-state index contributed by atoms with van der Waals surface area (Å²) in [5.74, 6) is 1.11. The van der Waals surface area contributed by atoms with Crippen LogP contribution in [0.4, 0.5) is 0 Å². The van der Waals surface area contributed by atoms with Gasteiger partial charge in [0.1, 0.15) is 0 Å². The van der Waals surface area contributed by atoms with Crippen LogP contribution in [0.1, 0.15) is 54.4 Å². The van der Waals surface area contributed by atoms with Gasteiger partial charge in [-0.15, -0.1) is 0 Å². The summed E-state index contributed by atoms with van der Waals surface area (Å²) in [6, 6.07) is 0. The molecule has 0 aliphatic rings. The van der Waals surface area contributed by atoms with Crippen molar-refractivity contribution in [3.63, 3.8) is 0 Å². The fraction of sp³-hybridized carbons (Fsp3) is 0.889. The zero-order valence-corrected chi connectivity index (χ0v) is 18.1. The lowest BCUT2D eigenvalue weighted by Gasteiger charge is -2.29. The summed E-state index contributed by atoms with van der Waals surface area (Å²) in [6.07, 6.45) is 3.74. The van der Waals surface area contributed by atoms with Gasteiger partial charge in [0.15, 0.2) is 18.0 Å². The fourth-order valence-corrected chi connectivity index (χ4v) is 2.94. The number of ether oxygens (including phenoxy) is 2. The SMILES string of the molecule is CSCCC(OC(C)(C)C)C(=O)OC(CCSC)C(=O)C(C)(C)C. The van der Waals surface area contributed by atoms with Crippen LogP contribution in [-0.4, -0.2) is 53.6 Å². The molecule has 0 bridgehead atoms. The van der Waals surface area contributed by atoms with E-state index in [2.05, 4.69) is 0 Å². The molecule has 0 heterocycles. The highest BCUT2D eigenvalue weighted by atomic mass is 32.2. The number of hydrogen-bond acceptors (Lipinski definition) is 6. The number of carbonyl (C=O) groups excluding carboxylic acids is 2. The van der Waals surface area contributed by atoms with Crippen molar-refractivity contribution in [1.82, 2.24) is 0 Å². The molecule has 0 saturated heterocycles. The minimum atomic E-state index is -0.703. The molecule has 0 aliphatic heterocycles. The molecule has 0 spiro atoms. The van der Waals surface area contributed by atoms with E-state index in [1.807, 2.05) is 54.1 Å². The average molecular weight is 379 g/mol. The molecule has 0 aromatic rings. The van der Waals surface area contributed by atoms with Gasteiger partial charge < -0.3 is 9.47 Å². The highest BCUT2D eigenvalue weighted by molar-refractivity contribution is 7.98. The van der Waals surface area contributed by atoms with Crippen LogP contribution >= 0.6 is 23.5 Å². The molecular weight excluding hydrogens is 344 g/mol. The van der Waals surface area contributed by atoms with Gasteiger partial charge in [0.25, 0.3) is 0 Å². The van der Waals surface area contributed by atoms with E-state index >= 15 is 0 Å². The minimum absolute atomic E-state index is 0.0377. The molecule has 0 rings (SSSR count). The van der Waals surface area contributed by atoms with Crippen LogP contribution in [0.5, 0.6) is 0 Å². The van der Waals surface area contributed by atoms with Crippen molar-refractivity contribution in [3.8, 4) is 0 Å². The standard InChI is InChI=1S/C18H34O4S2/c1-17(2,3)15(19)13(9-11-23-7)21-16(20)14(10-12-24-8)22-18(4,5)6/h13-14H,9-12H2,1-8H3. The Morgan fingerprint density at radius 1 is 0.875 bits per heavy atom. The summed E-state index contributed by atoms with van der Waals surface area (Å²) < 4.78 is 11.5. The topological polar surface area (TPSA) is 52.6 Å². The summed E-state index contributed by atoms with van der Waals surface area (Å²) in [5, 5.41) is 0. The summed E-state index contributed by atoms with van der Waals surface area (Å²) in [4.78, 5) is 25.2. The van der Waals surface area contributed by atoms with E-state index in [0.29, 0.717) is 12.8 Å². The van der Waals surface area contributed by atoms with Crippen LogP contribution in [-0.2, 0) is 19.1 Å². The maximum atomic E-state index is 12.6. The van der Waals surface area contributed by atoms with Crippen molar-refractivity contribution >= 4 is 35.3 Å². The van der Waals surface area contributed by atoms with Gasteiger partial charge in [-0.3, -0.25) is 4.79 Å². The fourth-order valence-electron chi connectivity index (χ4n) is 2.04. The van der Waals surface area contributed by atoms with Gasteiger partial charge in [-0.1, -0.05) is 20.8 Å². The van der Waals surface area contributed by atoms with Gasteiger partial charge in [0.05, 0.1) is 5.60 Å². The molecule has 6 heteroatoms. The molecule has 4 nitrogen and oxygen atoms in total. The van der Waals surface area contributed by atoms with E-state index < -0.39 is 29.2 Å². The van der Waals surface area contributed by atoms with E-state index in [1.165, 1.54) is 0 Å². The summed E-state index contributed by atoms with van der Waals surface area (Å²) in [5.41, 5.74) is -0.978. The van der Waals surface area contributed by atoms with E-state index in [9.17, 15) is 9.59 Å². The van der Waals surface area contributed by atoms with Gasteiger partial charge in [-0.2, -0.15) is 23.5 Å². The zero-order chi connectivity index (χ0) is 19.0. The number of ketones is 1. The molecule has 0 radical (unpaired) electrons. The highest BCUT2D eigenvalue weighted by Crippen LogP contribution is 2.23. The highest BCUT2D eigenvalue weighted by Gasteiger charge is 2.35. The number of thioether (sulfide) groups is 2. The lowest BCUT2D eigenvalue weighted by Crippen LogP contribution is -2.41. The lowest BCUT2D eigenvalue weighted by molar-refractivity contribution is -0.175. The number of hydrogen-bond donors (Lipinski definition) is 0. The third-order valence-corrected chi connectivity index (χ3v) is 4.50. The van der Waals surface area contributed by atoms with Crippen LogP contribution in [0, 0.1) is 5.41 Å². The first-order chi connectivity index (χ1) is 10.9. The molecule has 0 amide bonds. The van der Waals surface area contributed by atoms with Gasteiger partial charge in [-0.05, 0) is 51.2 Å². The van der Waals surface area contributed by atoms with Crippen LogP contribution in [0.15, 0.2) is 0 Å². The molecule has 0 aliphatic carbocycles. The molecule has 2 unspecified atom stereocenters. The second kappa shape index (κ2) is 10.7. The van der Waals surface area contributed by atoms with Gasteiger partial charge in [-0.25, -0.2) is 4.79 Å². The van der Waals surface area contributed by atoms with Crippen LogP contribution in [0.2, 0.25) is 0 Å². The summed E-state index contributed by atoms with van der Waals surface area (Å²) >= 11 is 3.30. The smallest absolute Gasteiger partial charge is 0.336 e.